The Labute approximate surface area is 92.5 Å². The van der Waals surface area contributed by atoms with Crippen molar-refractivity contribution in [2.45, 2.75) is 19.0 Å². The highest BCUT2D eigenvalue weighted by Crippen LogP contribution is 2.11. The van der Waals surface area contributed by atoms with Gasteiger partial charge in [0.1, 0.15) is 11.7 Å². The van der Waals surface area contributed by atoms with Gasteiger partial charge in [0.2, 0.25) is 0 Å². The predicted molar refractivity (Wildman–Crippen MR) is 57.4 cm³/mol. The first kappa shape index (κ1) is 11.5. The Balaban J connectivity index is 2.93. The number of carbonyl (C=O) groups excluding carboxylic acids is 1. The first-order valence-electron chi connectivity index (χ1n) is 4.19. The van der Waals surface area contributed by atoms with Gasteiger partial charge in [-0.2, -0.15) is 0 Å². The molecule has 0 bridgehead atoms. The molecule has 1 aromatic heterocycles. The standard InChI is InChI=1S/C10H10N2O2S/c1-4-5-14-9(13)8-6-11-10(15-3)12-7(8)2/h6H,1-3H3. The molecule has 0 spiro atoms. The van der Waals surface area contributed by atoms with Crippen LogP contribution in [0.5, 0.6) is 0 Å². The molecular formula is C10H10N2O2S. The van der Waals surface area contributed by atoms with Crippen molar-refractivity contribution >= 4 is 17.7 Å². The summed E-state index contributed by atoms with van der Waals surface area (Å²) in [5.74, 6) is 1.95. The van der Waals surface area contributed by atoms with Gasteiger partial charge in [-0.15, -0.1) is 0 Å². The molecule has 0 N–H and O–H groups in total. The van der Waals surface area contributed by atoms with E-state index in [-0.39, 0.29) is 0 Å². The van der Waals surface area contributed by atoms with Crippen LogP contribution in [0.3, 0.4) is 0 Å². The molecule has 0 aliphatic carbocycles. The third kappa shape index (κ3) is 2.96. The fraction of sp³-hybridized carbons (Fsp3) is 0.300. The van der Waals surface area contributed by atoms with E-state index in [1.54, 1.807) is 13.8 Å². The summed E-state index contributed by atoms with van der Waals surface area (Å²) in [5.41, 5.74) is 0.938. The van der Waals surface area contributed by atoms with E-state index < -0.39 is 5.97 Å². The summed E-state index contributed by atoms with van der Waals surface area (Å²) in [6, 6.07) is 0. The number of nitrogens with zero attached hydrogens (tertiary/aromatic N) is 2. The SMILES string of the molecule is CC#COC(=O)c1cnc(SC)nc1C. The summed E-state index contributed by atoms with van der Waals surface area (Å²) in [6.45, 7) is 3.32. The molecular weight excluding hydrogens is 212 g/mol. The molecule has 0 aliphatic rings. The molecule has 0 amide bonds. The van der Waals surface area contributed by atoms with Gasteiger partial charge in [0.25, 0.3) is 0 Å². The molecule has 15 heavy (non-hydrogen) atoms. The average Bonchev–Trinajstić information content (AvgIpc) is 2.25. The molecule has 0 radical (unpaired) electrons. The Hall–Kier alpha value is -1.54. The first-order valence-corrected chi connectivity index (χ1v) is 5.42. The van der Waals surface area contributed by atoms with Crippen molar-refractivity contribution in [1.29, 1.82) is 0 Å². The number of hydrogen-bond donors (Lipinski definition) is 0. The Morgan fingerprint density at radius 2 is 2.33 bits per heavy atom. The second-order valence-electron chi connectivity index (χ2n) is 2.60. The number of aryl methyl sites for hydroxylation is 1. The molecule has 0 unspecified atom stereocenters. The number of ether oxygens (including phenoxy) is 1. The van der Waals surface area contributed by atoms with Crippen LogP contribution >= 0.6 is 11.8 Å². The molecule has 0 aliphatic heterocycles. The highest BCUT2D eigenvalue weighted by molar-refractivity contribution is 7.98. The van der Waals surface area contributed by atoms with Crippen LogP contribution in [-0.4, -0.2) is 22.2 Å². The van der Waals surface area contributed by atoms with Crippen LogP contribution in [0.1, 0.15) is 23.0 Å². The van der Waals surface area contributed by atoms with E-state index in [0.29, 0.717) is 16.4 Å². The number of thioether (sulfide) groups is 1. The molecule has 0 fully saturated rings. The second kappa shape index (κ2) is 5.37. The van der Waals surface area contributed by atoms with Gasteiger partial charge >= 0.3 is 5.97 Å². The Morgan fingerprint density at radius 3 is 2.87 bits per heavy atom. The van der Waals surface area contributed by atoms with E-state index in [1.165, 1.54) is 18.0 Å². The quantitative estimate of drug-likeness (QED) is 0.329. The van der Waals surface area contributed by atoms with Crippen LogP contribution in [0.2, 0.25) is 0 Å². The van der Waals surface area contributed by atoms with Gasteiger partial charge in [-0.25, -0.2) is 14.8 Å². The molecule has 0 saturated heterocycles. The minimum absolute atomic E-state index is 0.343. The zero-order chi connectivity index (χ0) is 11.3. The lowest BCUT2D eigenvalue weighted by Gasteiger charge is -2.02. The molecule has 1 aromatic rings. The molecule has 0 atom stereocenters. The fourth-order valence-corrected chi connectivity index (χ4v) is 1.28. The van der Waals surface area contributed by atoms with Crippen LogP contribution in [0.4, 0.5) is 0 Å². The summed E-state index contributed by atoms with van der Waals surface area (Å²) in [7, 11) is 0. The van der Waals surface area contributed by atoms with Crippen molar-refractivity contribution < 1.29 is 9.53 Å². The van der Waals surface area contributed by atoms with E-state index in [4.69, 9.17) is 0 Å². The highest BCUT2D eigenvalue weighted by atomic mass is 32.2. The first-order chi connectivity index (χ1) is 7.19. The van der Waals surface area contributed by atoms with Gasteiger partial charge in [-0.1, -0.05) is 17.7 Å². The summed E-state index contributed by atoms with van der Waals surface area (Å²) in [6.07, 6.45) is 5.56. The van der Waals surface area contributed by atoms with Crippen LogP contribution in [0, 0.1) is 19.0 Å². The van der Waals surface area contributed by atoms with E-state index >= 15 is 0 Å². The third-order valence-electron chi connectivity index (χ3n) is 1.61. The topological polar surface area (TPSA) is 52.1 Å². The lowest BCUT2D eigenvalue weighted by molar-refractivity contribution is 0.0688. The summed E-state index contributed by atoms with van der Waals surface area (Å²) >= 11 is 1.42. The predicted octanol–water partition coefficient (Wildman–Crippen LogP) is 1.64. The lowest BCUT2D eigenvalue weighted by atomic mass is 10.2. The van der Waals surface area contributed by atoms with Crippen LogP contribution < -0.4 is 0 Å². The minimum atomic E-state index is -0.519. The molecule has 5 heteroatoms. The normalized spacial score (nSPS) is 9.00. The minimum Gasteiger partial charge on any atom is -0.368 e. The Bertz CT molecular complexity index is 435. The van der Waals surface area contributed by atoms with Gasteiger partial charge in [0, 0.05) is 13.1 Å². The van der Waals surface area contributed by atoms with Gasteiger partial charge in [-0.3, -0.25) is 0 Å². The summed E-state index contributed by atoms with van der Waals surface area (Å²) in [5, 5.41) is 0.630. The Kier molecular flexibility index (Phi) is 4.13. The third-order valence-corrected chi connectivity index (χ3v) is 2.17. The van der Waals surface area contributed by atoms with Crippen molar-refractivity contribution in [3.63, 3.8) is 0 Å². The number of esters is 1. The maximum Gasteiger partial charge on any atom is 0.355 e. The number of rotatable bonds is 2. The van der Waals surface area contributed by atoms with Crippen LogP contribution in [0.15, 0.2) is 11.4 Å². The maximum atomic E-state index is 11.4. The van der Waals surface area contributed by atoms with Gasteiger partial charge < -0.3 is 4.74 Å². The Morgan fingerprint density at radius 1 is 1.60 bits per heavy atom. The number of hydrogen-bond acceptors (Lipinski definition) is 5. The van der Waals surface area contributed by atoms with Crippen LogP contribution in [-0.2, 0) is 4.74 Å². The number of carbonyl (C=O) groups is 1. The lowest BCUT2D eigenvalue weighted by Crippen LogP contribution is -2.06. The smallest absolute Gasteiger partial charge is 0.355 e. The van der Waals surface area contributed by atoms with E-state index in [1.807, 2.05) is 6.26 Å². The zero-order valence-corrected chi connectivity index (χ0v) is 9.51. The number of aromatic nitrogens is 2. The molecule has 1 rings (SSSR count). The molecule has 0 saturated carbocycles. The fourth-order valence-electron chi connectivity index (χ4n) is 0.897. The van der Waals surface area contributed by atoms with Crippen molar-refractivity contribution in [1.82, 2.24) is 9.97 Å². The summed E-state index contributed by atoms with van der Waals surface area (Å²) < 4.78 is 4.64. The largest absolute Gasteiger partial charge is 0.368 e. The van der Waals surface area contributed by atoms with Crippen molar-refractivity contribution in [3.05, 3.63) is 17.5 Å². The molecule has 1 heterocycles. The van der Waals surface area contributed by atoms with Gasteiger partial charge in [0.15, 0.2) is 5.16 Å². The monoisotopic (exact) mass is 222 g/mol. The molecule has 78 valence electrons. The van der Waals surface area contributed by atoms with E-state index in [2.05, 4.69) is 26.7 Å². The van der Waals surface area contributed by atoms with Gasteiger partial charge in [-0.05, 0) is 13.2 Å². The van der Waals surface area contributed by atoms with Crippen molar-refractivity contribution in [2.75, 3.05) is 6.26 Å². The maximum absolute atomic E-state index is 11.4. The van der Waals surface area contributed by atoms with Crippen LogP contribution in [0.25, 0.3) is 0 Å². The zero-order valence-electron chi connectivity index (χ0n) is 8.70. The van der Waals surface area contributed by atoms with E-state index in [0.717, 1.165) is 0 Å². The summed E-state index contributed by atoms with van der Waals surface area (Å²) in [4.78, 5) is 19.5. The van der Waals surface area contributed by atoms with Crippen molar-refractivity contribution in [3.8, 4) is 12.0 Å². The second-order valence-corrected chi connectivity index (χ2v) is 3.37. The molecule has 4 nitrogen and oxygen atoms in total. The molecule has 0 aromatic carbocycles. The van der Waals surface area contributed by atoms with Crippen molar-refractivity contribution in [2.24, 2.45) is 0 Å². The average molecular weight is 222 g/mol. The highest BCUT2D eigenvalue weighted by Gasteiger charge is 2.12. The van der Waals surface area contributed by atoms with E-state index in [9.17, 15) is 4.79 Å². The van der Waals surface area contributed by atoms with Gasteiger partial charge in [0.05, 0.1) is 5.69 Å².